The van der Waals surface area contributed by atoms with Crippen molar-refractivity contribution in [2.75, 3.05) is 6.61 Å². The number of carbonyl (C=O) groups excluding carboxylic acids is 1. The second-order valence-corrected chi connectivity index (χ2v) is 12.3. The van der Waals surface area contributed by atoms with Gasteiger partial charge in [0.2, 0.25) is 5.91 Å². The van der Waals surface area contributed by atoms with Gasteiger partial charge >= 0.3 is 0 Å². The number of nitrogens with one attached hydrogen (secondary N) is 1. The van der Waals surface area contributed by atoms with Crippen molar-refractivity contribution in [3.05, 3.63) is 12.2 Å². The number of carbonyl (C=O) groups is 1. The highest BCUT2D eigenvalue weighted by Crippen LogP contribution is 2.14. The van der Waals surface area contributed by atoms with E-state index in [2.05, 4.69) is 31.3 Å². The van der Waals surface area contributed by atoms with Crippen LogP contribution in [0.3, 0.4) is 0 Å². The van der Waals surface area contributed by atoms with E-state index in [4.69, 9.17) is 0 Å². The van der Waals surface area contributed by atoms with E-state index in [1.54, 1.807) is 0 Å². The fourth-order valence-electron chi connectivity index (χ4n) is 5.47. The number of hydrogen-bond acceptors (Lipinski definition) is 3. The Labute approximate surface area is 250 Å². The molecule has 0 aliphatic rings. The van der Waals surface area contributed by atoms with E-state index in [-0.39, 0.29) is 12.5 Å². The molecule has 0 saturated heterocycles. The molecular formula is C36H71NO3. The van der Waals surface area contributed by atoms with Gasteiger partial charge in [-0.25, -0.2) is 0 Å². The Hall–Kier alpha value is -0.870. The molecule has 0 aromatic carbocycles. The fourth-order valence-corrected chi connectivity index (χ4v) is 5.47. The number of amides is 1. The molecule has 1 amide bonds. The number of aliphatic hydroxyl groups is 2. The molecule has 4 heteroatoms. The molecule has 0 aromatic heterocycles. The molecule has 40 heavy (non-hydrogen) atoms. The summed E-state index contributed by atoms with van der Waals surface area (Å²) < 4.78 is 0. The highest BCUT2D eigenvalue weighted by Gasteiger charge is 2.19. The summed E-state index contributed by atoms with van der Waals surface area (Å²) in [6, 6.07) is -0.545. The fraction of sp³-hybridized carbons (Fsp3) is 0.917. The minimum Gasteiger partial charge on any atom is -0.394 e. The molecule has 0 aliphatic heterocycles. The number of rotatable bonds is 32. The maximum Gasteiger partial charge on any atom is 0.220 e. The van der Waals surface area contributed by atoms with Crippen LogP contribution in [0.15, 0.2) is 12.2 Å². The third kappa shape index (κ3) is 28.7. The molecule has 0 spiro atoms. The maximum absolute atomic E-state index is 12.3. The number of aliphatic hydroxyl groups excluding tert-OH is 2. The van der Waals surface area contributed by atoms with E-state index in [9.17, 15) is 15.0 Å². The van der Waals surface area contributed by atoms with Crippen LogP contribution in [0.4, 0.5) is 0 Å². The Kier molecular flexibility index (Phi) is 31.9. The lowest BCUT2D eigenvalue weighted by molar-refractivity contribution is -0.123. The Morgan fingerprint density at radius 3 is 1.38 bits per heavy atom. The van der Waals surface area contributed by atoms with Crippen LogP contribution in [0, 0.1) is 0 Å². The molecule has 2 atom stereocenters. The standard InChI is InChI=1S/C36H71NO3/c1-3-5-7-9-11-13-15-17-18-20-22-24-26-28-30-32-36(40)37-34(33-38)35(39)31-29-27-25-23-21-19-16-14-12-10-8-6-4-2/h21,23,34-35,38-39H,3-20,22,24-33H2,1-2H3,(H,37,40)/b23-21+/t34-,35+/m0/s1. The van der Waals surface area contributed by atoms with Gasteiger partial charge in [-0.15, -0.1) is 0 Å². The molecule has 238 valence electrons. The Morgan fingerprint density at radius 2 is 0.950 bits per heavy atom. The van der Waals surface area contributed by atoms with E-state index in [0.29, 0.717) is 12.8 Å². The lowest BCUT2D eigenvalue weighted by Gasteiger charge is -2.22. The van der Waals surface area contributed by atoms with E-state index in [1.807, 2.05) is 0 Å². The first kappa shape index (κ1) is 39.1. The molecule has 0 rings (SSSR count). The average Bonchev–Trinajstić information content (AvgIpc) is 2.96. The van der Waals surface area contributed by atoms with Crippen molar-refractivity contribution in [2.24, 2.45) is 0 Å². The molecule has 0 aliphatic carbocycles. The minimum absolute atomic E-state index is 0.0407. The third-order valence-electron chi connectivity index (χ3n) is 8.28. The molecule has 3 N–H and O–H groups in total. The van der Waals surface area contributed by atoms with Gasteiger partial charge in [0.1, 0.15) is 0 Å². The second-order valence-electron chi connectivity index (χ2n) is 12.3. The largest absolute Gasteiger partial charge is 0.394 e. The zero-order chi connectivity index (χ0) is 29.4. The van der Waals surface area contributed by atoms with Crippen molar-refractivity contribution in [3.8, 4) is 0 Å². The number of hydrogen-bond donors (Lipinski definition) is 3. The van der Waals surface area contributed by atoms with Crippen LogP contribution in [0.25, 0.3) is 0 Å². The van der Waals surface area contributed by atoms with Crippen molar-refractivity contribution in [1.29, 1.82) is 0 Å². The van der Waals surface area contributed by atoms with Gasteiger partial charge in [-0.2, -0.15) is 0 Å². The number of unbranched alkanes of at least 4 members (excludes halogenated alkanes) is 23. The first-order valence-electron chi connectivity index (χ1n) is 17.9. The summed E-state index contributed by atoms with van der Waals surface area (Å²) >= 11 is 0. The summed E-state index contributed by atoms with van der Waals surface area (Å²) in [4.78, 5) is 12.3. The van der Waals surface area contributed by atoms with E-state index in [0.717, 1.165) is 32.1 Å². The minimum atomic E-state index is -0.674. The van der Waals surface area contributed by atoms with Gasteiger partial charge in [-0.05, 0) is 38.5 Å². The lowest BCUT2D eigenvalue weighted by atomic mass is 10.0. The Morgan fingerprint density at radius 1 is 0.575 bits per heavy atom. The van der Waals surface area contributed by atoms with E-state index in [1.165, 1.54) is 135 Å². The molecule has 0 bridgehead atoms. The predicted molar refractivity (Wildman–Crippen MR) is 175 cm³/mol. The molecule has 0 aromatic rings. The Bertz CT molecular complexity index is 536. The summed E-state index contributed by atoms with van der Waals surface area (Å²) in [5.74, 6) is -0.0407. The van der Waals surface area contributed by atoms with Crippen molar-refractivity contribution >= 4 is 5.91 Å². The van der Waals surface area contributed by atoms with E-state index >= 15 is 0 Å². The van der Waals surface area contributed by atoms with Gasteiger partial charge in [0.25, 0.3) is 0 Å². The molecule has 0 heterocycles. The highest BCUT2D eigenvalue weighted by atomic mass is 16.3. The summed E-state index contributed by atoms with van der Waals surface area (Å²) in [5, 5.41) is 23.0. The van der Waals surface area contributed by atoms with Gasteiger partial charge in [0.05, 0.1) is 18.8 Å². The molecular weight excluding hydrogens is 494 g/mol. The van der Waals surface area contributed by atoms with Gasteiger partial charge in [0.15, 0.2) is 0 Å². The third-order valence-corrected chi connectivity index (χ3v) is 8.28. The van der Waals surface area contributed by atoms with Crippen molar-refractivity contribution in [2.45, 2.75) is 206 Å². The van der Waals surface area contributed by atoms with Crippen LogP contribution in [0.2, 0.25) is 0 Å². The molecule has 0 unspecified atom stereocenters. The molecule has 0 saturated carbocycles. The lowest BCUT2D eigenvalue weighted by Crippen LogP contribution is -2.45. The predicted octanol–water partition coefficient (Wildman–Crippen LogP) is 10.3. The zero-order valence-electron chi connectivity index (χ0n) is 27.1. The topological polar surface area (TPSA) is 69.6 Å². The van der Waals surface area contributed by atoms with E-state index < -0.39 is 12.1 Å². The van der Waals surface area contributed by atoms with Gasteiger partial charge < -0.3 is 15.5 Å². The van der Waals surface area contributed by atoms with Crippen molar-refractivity contribution < 1.29 is 15.0 Å². The summed E-state index contributed by atoms with van der Waals surface area (Å²) in [6.45, 7) is 4.33. The molecule has 4 nitrogen and oxygen atoms in total. The summed E-state index contributed by atoms with van der Waals surface area (Å²) in [7, 11) is 0. The second kappa shape index (κ2) is 32.6. The molecule has 0 radical (unpaired) electrons. The quantitative estimate of drug-likeness (QED) is 0.0561. The average molecular weight is 566 g/mol. The van der Waals surface area contributed by atoms with Crippen LogP contribution in [-0.2, 0) is 4.79 Å². The first-order chi connectivity index (χ1) is 19.7. The molecule has 0 fully saturated rings. The van der Waals surface area contributed by atoms with Crippen LogP contribution < -0.4 is 5.32 Å². The van der Waals surface area contributed by atoms with Crippen molar-refractivity contribution in [3.63, 3.8) is 0 Å². The smallest absolute Gasteiger partial charge is 0.220 e. The van der Waals surface area contributed by atoms with Crippen LogP contribution in [-0.4, -0.2) is 34.9 Å². The zero-order valence-corrected chi connectivity index (χ0v) is 27.1. The Balaban J connectivity index is 3.58. The van der Waals surface area contributed by atoms with Crippen LogP contribution in [0.1, 0.15) is 194 Å². The maximum atomic E-state index is 12.3. The van der Waals surface area contributed by atoms with Gasteiger partial charge in [0, 0.05) is 6.42 Å². The first-order valence-corrected chi connectivity index (χ1v) is 17.9. The van der Waals surface area contributed by atoms with Gasteiger partial charge in [-0.3, -0.25) is 4.79 Å². The van der Waals surface area contributed by atoms with Crippen LogP contribution in [0.5, 0.6) is 0 Å². The normalized spacial score (nSPS) is 13.2. The highest BCUT2D eigenvalue weighted by molar-refractivity contribution is 5.76. The SMILES string of the molecule is CCCCCCCCC/C=C/CCCC[C@@H](O)[C@H](CO)NC(=O)CCCCCCCCCCCCCCCCC. The monoisotopic (exact) mass is 566 g/mol. The van der Waals surface area contributed by atoms with Crippen molar-refractivity contribution in [1.82, 2.24) is 5.32 Å². The summed E-state index contributed by atoms with van der Waals surface area (Å²) in [5.41, 5.74) is 0. The summed E-state index contributed by atoms with van der Waals surface area (Å²) in [6.07, 6.45) is 38.3. The van der Waals surface area contributed by atoms with Gasteiger partial charge in [-0.1, -0.05) is 161 Å². The number of allylic oxidation sites excluding steroid dienone is 2. The van der Waals surface area contributed by atoms with Crippen LogP contribution >= 0.6 is 0 Å².